The summed E-state index contributed by atoms with van der Waals surface area (Å²) >= 11 is 25.5. The van der Waals surface area contributed by atoms with Gasteiger partial charge in [0.1, 0.15) is 10.8 Å². The first-order chi connectivity index (χ1) is 12.0. The van der Waals surface area contributed by atoms with E-state index in [1.165, 1.54) is 22.4 Å². The number of alkyl halides is 1. The Morgan fingerprint density at radius 3 is 2.28 bits per heavy atom. The molecule has 3 aromatic rings. The van der Waals surface area contributed by atoms with E-state index in [9.17, 15) is 4.79 Å². The lowest BCUT2D eigenvalue weighted by Gasteiger charge is -2.21. The fourth-order valence-electron chi connectivity index (χ4n) is 2.13. The summed E-state index contributed by atoms with van der Waals surface area (Å²) < 4.78 is 0. The Labute approximate surface area is 168 Å². The highest BCUT2D eigenvalue weighted by Gasteiger charge is 2.25. The van der Waals surface area contributed by atoms with Crippen molar-refractivity contribution in [1.82, 2.24) is 4.98 Å². The first-order valence-electron chi connectivity index (χ1n) is 7.04. The maximum atomic E-state index is 13.1. The summed E-state index contributed by atoms with van der Waals surface area (Å²) in [6, 6.07) is 9.93. The molecule has 0 atom stereocenters. The highest BCUT2D eigenvalue weighted by Crippen LogP contribution is 2.41. The average molecular weight is 432 g/mol. The molecular formula is C17H10Cl4N2OS. The van der Waals surface area contributed by atoms with Gasteiger partial charge in [0, 0.05) is 22.7 Å². The van der Waals surface area contributed by atoms with Crippen molar-refractivity contribution in [3.63, 3.8) is 0 Å². The van der Waals surface area contributed by atoms with Crippen molar-refractivity contribution in [3.8, 4) is 0 Å². The zero-order chi connectivity index (χ0) is 18.0. The van der Waals surface area contributed by atoms with Crippen LogP contribution in [-0.2, 0) is 5.88 Å². The van der Waals surface area contributed by atoms with Gasteiger partial charge in [0.15, 0.2) is 0 Å². The molecule has 0 saturated heterocycles. The first-order valence-corrected chi connectivity index (χ1v) is 9.59. The number of hydrogen-bond donors (Lipinski definition) is 0. The molecule has 25 heavy (non-hydrogen) atoms. The number of rotatable bonds is 4. The number of thiophene rings is 1. The highest BCUT2D eigenvalue weighted by molar-refractivity contribution is 7.15. The molecule has 0 bridgehead atoms. The molecule has 2 aromatic heterocycles. The minimum Gasteiger partial charge on any atom is -0.268 e. The second-order valence-corrected chi connectivity index (χ2v) is 7.37. The number of anilines is 2. The van der Waals surface area contributed by atoms with Gasteiger partial charge in [-0.3, -0.25) is 4.79 Å². The van der Waals surface area contributed by atoms with E-state index < -0.39 is 0 Å². The van der Waals surface area contributed by atoms with Crippen LogP contribution in [0.3, 0.4) is 0 Å². The smallest absolute Gasteiger partial charge is 0.264 e. The van der Waals surface area contributed by atoms with Crippen molar-refractivity contribution in [2.45, 2.75) is 5.88 Å². The van der Waals surface area contributed by atoms with Gasteiger partial charge in [-0.15, -0.1) is 22.9 Å². The summed E-state index contributed by atoms with van der Waals surface area (Å²) in [6.45, 7) is 0. The fraction of sp³-hybridized carbons (Fsp3) is 0.0588. The van der Waals surface area contributed by atoms with Crippen molar-refractivity contribution in [2.75, 3.05) is 4.90 Å². The van der Waals surface area contributed by atoms with Crippen molar-refractivity contribution < 1.29 is 4.79 Å². The van der Waals surface area contributed by atoms with Crippen molar-refractivity contribution in [1.29, 1.82) is 0 Å². The second kappa shape index (κ2) is 7.94. The maximum absolute atomic E-state index is 13.1. The number of amides is 1. The molecule has 1 amide bonds. The average Bonchev–Trinajstić information content (AvgIpc) is 2.98. The quantitative estimate of drug-likeness (QED) is 0.424. The molecule has 8 heteroatoms. The minimum absolute atomic E-state index is 0.256. The number of carbonyl (C=O) groups is 1. The van der Waals surface area contributed by atoms with Crippen LogP contribution in [0, 0.1) is 0 Å². The number of aromatic nitrogens is 1. The Morgan fingerprint density at radius 2 is 1.72 bits per heavy atom. The standard InChI is InChI=1S/C17H10Cl4N2OS/c18-7-11-9-25-17(15(11)21)23(14-6-5-13(20)8-22-14)16(24)10-1-3-12(19)4-2-10/h1-6,8-9H,7H2. The van der Waals surface area contributed by atoms with E-state index in [4.69, 9.17) is 46.4 Å². The number of nitrogens with zero attached hydrogens (tertiary/aromatic N) is 2. The summed E-state index contributed by atoms with van der Waals surface area (Å²) in [6.07, 6.45) is 1.48. The van der Waals surface area contributed by atoms with Crippen LogP contribution in [0.25, 0.3) is 0 Å². The normalized spacial score (nSPS) is 10.7. The molecule has 0 spiro atoms. The van der Waals surface area contributed by atoms with Gasteiger partial charge < -0.3 is 0 Å². The van der Waals surface area contributed by atoms with Crippen LogP contribution in [0.2, 0.25) is 15.1 Å². The molecule has 1 aromatic carbocycles. The molecular weight excluding hydrogens is 422 g/mol. The van der Waals surface area contributed by atoms with Crippen LogP contribution in [0.15, 0.2) is 48.0 Å². The topological polar surface area (TPSA) is 33.2 Å². The van der Waals surface area contributed by atoms with Crippen LogP contribution in [-0.4, -0.2) is 10.9 Å². The molecule has 0 aliphatic rings. The zero-order valence-corrected chi connectivity index (χ0v) is 16.4. The lowest BCUT2D eigenvalue weighted by Crippen LogP contribution is -2.26. The zero-order valence-electron chi connectivity index (χ0n) is 12.5. The van der Waals surface area contributed by atoms with Crippen LogP contribution >= 0.6 is 57.7 Å². The molecule has 0 fully saturated rings. The van der Waals surface area contributed by atoms with E-state index in [1.807, 2.05) is 5.38 Å². The molecule has 0 N–H and O–H groups in total. The maximum Gasteiger partial charge on any atom is 0.264 e. The van der Waals surface area contributed by atoms with E-state index in [-0.39, 0.29) is 11.8 Å². The predicted octanol–water partition coefficient (Wildman–Crippen LogP) is 6.82. The van der Waals surface area contributed by atoms with Gasteiger partial charge in [-0.25, -0.2) is 9.88 Å². The lowest BCUT2D eigenvalue weighted by molar-refractivity contribution is 0.0999. The van der Waals surface area contributed by atoms with Crippen LogP contribution < -0.4 is 4.90 Å². The van der Waals surface area contributed by atoms with E-state index in [1.54, 1.807) is 36.4 Å². The van der Waals surface area contributed by atoms with Gasteiger partial charge in [-0.2, -0.15) is 0 Å². The van der Waals surface area contributed by atoms with Gasteiger partial charge >= 0.3 is 0 Å². The minimum atomic E-state index is -0.281. The largest absolute Gasteiger partial charge is 0.268 e. The molecule has 128 valence electrons. The summed E-state index contributed by atoms with van der Waals surface area (Å²) in [4.78, 5) is 18.8. The third kappa shape index (κ3) is 3.94. The third-order valence-corrected chi connectivity index (χ3v) is 5.67. The van der Waals surface area contributed by atoms with Crippen molar-refractivity contribution in [2.24, 2.45) is 0 Å². The highest BCUT2D eigenvalue weighted by atomic mass is 35.5. The van der Waals surface area contributed by atoms with Crippen LogP contribution in [0.4, 0.5) is 10.8 Å². The molecule has 2 heterocycles. The van der Waals surface area contributed by atoms with Gasteiger partial charge in [0.05, 0.1) is 10.0 Å². The van der Waals surface area contributed by atoms with E-state index >= 15 is 0 Å². The molecule has 0 aliphatic heterocycles. The van der Waals surface area contributed by atoms with Crippen molar-refractivity contribution >= 4 is 74.5 Å². The van der Waals surface area contributed by atoms with Gasteiger partial charge in [0.25, 0.3) is 5.91 Å². The molecule has 0 radical (unpaired) electrons. The Bertz CT molecular complexity index is 894. The van der Waals surface area contributed by atoms with Crippen LogP contribution in [0.5, 0.6) is 0 Å². The number of pyridine rings is 1. The lowest BCUT2D eigenvalue weighted by atomic mass is 10.2. The summed E-state index contributed by atoms with van der Waals surface area (Å²) in [5, 5.41) is 3.82. The van der Waals surface area contributed by atoms with Gasteiger partial charge in [-0.1, -0.05) is 34.8 Å². The number of hydrogen-bond acceptors (Lipinski definition) is 3. The van der Waals surface area contributed by atoms with Crippen molar-refractivity contribution in [3.05, 3.63) is 74.2 Å². The number of halogens is 4. The van der Waals surface area contributed by atoms with E-state index in [0.29, 0.717) is 31.5 Å². The monoisotopic (exact) mass is 430 g/mol. The summed E-state index contributed by atoms with van der Waals surface area (Å²) in [7, 11) is 0. The third-order valence-electron chi connectivity index (χ3n) is 3.36. The Kier molecular flexibility index (Phi) is 5.87. The Balaban J connectivity index is 2.11. The summed E-state index contributed by atoms with van der Waals surface area (Å²) in [5.41, 5.74) is 1.21. The molecule has 3 rings (SSSR count). The number of carbonyl (C=O) groups excluding carboxylic acids is 1. The molecule has 0 aliphatic carbocycles. The molecule has 0 saturated carbocycles. The molecule has 0 unspecified atom stereocenters. The first kappa shape index (κ1) is 18.5. The van der Waals surface area contributed by atoms with E-state index in [0.717, 1.165) is 5.56 Å². The summed E-state index contributed by atoms with van der Waals surface area (Å²) in [5.74, 6) is 0.386. The van der Waals surface area contributed by atoms with Crippen LogP contribution in [0.1, 0.15) is 15.9 Å². The van der Waals surface area contributed by atoms with Gasteiger partial charge in [0.2, 0.25) is 0 Å². The SMILES string of the molecule is O=C(c1ccc(Cl)cc1)N(c1ccc(Cl)cn1)c1scc(CCl)c1Cl. The molecule has 3 nitrogen and oxygen atoms in total. The second-order valence-electron chi connectivity index (χ2n) is 5.00. The number of benzene rings is 1. The van der Waals surface area contributed by atoms with Gasteiger partial charge in [-0.05, 0) is 47.3 Å². The Morgan fingerprint density at radius 1 is 1.04 bits per heavy atom. The predicted molar refractivity (Wildman–Crippen MR) is 106 cm³/mol. The Hall–Kier alpha value is -1.30. The fourth-order valence-corrected chi connectivity index (χ4v) is 4.12. The van der Waals surface area contributed by atoms with E-state index in [2.05, 4.69) is 4.98 Å².